The lowest BCUT2D eigenvalue weighted by Gasteiger charge is -2.21. The molecular formula is C16H15NO6. The van der Waals surface area contributed by atoms with Crippen LogP contribution in [0.1, 0.15) is 10.4 Å². The quantitative estimate of drug-likeness (QED) is 0.636. The van der Waals surface area contributed by atoms with Crippen LogP contribution in [0.25, 0.3) is 0 Å². The summed E-state index contributed by atoms with van der Waals surface area (Å²) < 4.78 is 10.1. The normalized spacial score (nSPS) is 27.7. The third kappa shape index (κ3) is 2.70. The molecular weight excluding hydrogens is 302 g/mol. The lowest BCUT2D eigenvalue weighted by Crippen LogP contribution is -2.39. The molecule has 120 valence electrons. The van der Waals surface area contributed by atoms with Gasteiger partial charge in [0.15, 0.2) is 0 Å². The minimum atomic E-state index is -1.05. The summed E-state index contributed by atoms with van der Waals surface area (Å²) in [6.07, 6.45) is 2.32. The number of amides is 1. The Morgan fingerprint density at radius 1 is 1.09 bits per heavy atom. The summed E-state index contributed by atoms with van der Waals surface area (Å²) in [7, 11) is 1.28. The topological polar surface area (TPSA) is 102 Å². The van der Waals surface area contributed by atoms with E-state index in [0.717, 1.165) is 0 Å². The molecule has 0 unspecified atom stereocenters. The highest BCUT2D eigenvalue weighted by Crippen LogP contribution is 2.39. The molecule has 2 N–H and O–H groups in total. The molecule has 0 radical (unpaired) electrons. The van der Waals surface area contributed by atoms with Gasteiger partial charge in [0, 0.05) is 5.69 Å². The van der Waals surface area contributed by atoms with Crippen molar-refractivity contribution in [3.8, 4) is 0 Å². The first kappa shape index (κ1) is 15.2. The van der Waals surface area contributed by atoms with Crippen molar-refractivity contribution >= 4 is 23.5 Å². The Morgan fingerprint density at radius 2 is 1.70 bits per heavy atom. The lowest BCUT2D eigenvalue weighted by atomic mass is 9.82. The fourth-order valence-corrected chi connectivity index (χ4v) is 2.95. The van der Waals surface area contributed by atoms with Crippen molar-refractivity contribution in [3.05, 3.63) is 42.0 Å². The van der Waals surface area contributed by atoms with E-state index < -0.39 is 41.9 Å². The zero-order valence-electron chi connectivity index (χ0n) is 12.3. The van der Waals surface area contributed by atoms with E-state index in [2.05, 4.69) is 10.1 Å². The molecule has 4 atom stereocenters. The van der Waals surface area contributed by atoms with Crippen molar-refractivity contribution in [1.29, 1.82) is 0 Å². The summed E-state index contributed by atoms with van der Waals surface area (Å²) in [4.78, 5) is 35.1. The summed E-state index contributed by atoms with van der Waals surface area (Å²) in [5, 5.41) is 12.0. The summed E-state index contributed by atoms with van der Waals surface area (Å²) in [6.45, 7) is 0. The van der Waals surface area contributed by atoms with Crippen LogP contribution in [0.15, 0.2) is 36.4 Å². The number of benzene rings is 1. The van der Waals surface area contributed by atoms with E-state index in [-0.39, 0.29) is 0 Å². The molecule has 2 aliphatic heterocycles. The molecule has 23 heavy (non-hydrogen) atoms. The van der Waals surface area contributed by atoms with Gasteiger partial charge < -0.3 is 19.9 Å². The molecule has 3 rings (SSSR count). The van der Waals surface area contributed by atoms with Crippen molar-refractivity contribution in [2.45, 2.75) is 12.2 Å². The maximum atomic E-state index is 12.4. The van der Waals surface area contributed by atoms with Crippen LogP contribution in [0.5, 0.6) is 0 Å². The van der Waals surface area contributed by atoms with Crippen LogP contribution in [0.4, 0.5) is 5.69 Å². The third-order valence-electron chi connectivity index (χ3n) is 4.06. The highest BCUT2D eigenvalue weighted by Gasteiger charge is 2.53. The number of anilines is 1. The Morgan fingerprint density at radius 3 is 2.26 bits per heavy atom. The molecule has 1 saturated heterocycles. The molecule has 0 spiro atoms. The molecule has 1 aromatic carbocycles. The molecule has 2 aliphatic rings. The standard InChI is InChI=1S/C16H15NO6/c1-22-16(21)8-2-4-9(5-3-8)17-14(18)12-10-6-7-11(23-10)13(12)15(19)20/h2-7,10-13H,1H3,(H,17,18)(H,19,20)/t10-,11-,12+,13+/m1/s1. The molecule has 0 aromatic heterocycles. The lowest BCUT2D eigenvalue weighted by molar-refractivity contribution is -0.145. The number of hydrogen-bond acceptors (Lipinski definition) is 5. The smallest absolute Gasteiger partial charge is 0.337 e. The molecule has 1 amide bonds. The largest absolute Gasteiger partial charge is 0.481 e. The first-order chi connectivity index (χ1) is 11.0. The molecule has 7 nitrogen and oxygen atoms in total. The van der Waals surface area contributed by atoms with Crippen molar-refractivity contribution in [3.63, 3.8) is 0 Å². The molecule has 0 aliphatic carbocycles. The highest BCUT2D eigenvalue weighted by atomic mass is 16.5. The predicted molar refractivity (Wildman–Crippen MR) is 78.8 cm³/mol. The van der Waals surface area contributed by atoms with Gasteiger partial charge in [-0.2, -0.15) is 0 Å². The Kier molecular flexibility index (Phi) is 3.87. The van der Waals surface area contributed by atoms with Gasteiger partial charge in [0.2, 0.25) is 5.91 Å². The van der Waals surface area contributed by atoms with E-state index in [1.165, 1.54) is 19.2 Å². The van der Waals surface area contributed by atoms with Crippen molar-refractivity contribution in [1.82, 2.24) is 0 Å². The predicted octanol–water partition coefficient (Wildman–Crippen LogP) is 1.07. The number of carboxylic acids is 1. The van der Waals surface area contributed by atoms with Gasteiger partial charge >= 0.3 is 11.9 Å². The van der Waals surface area contributed by atoms with Gasteiger partial charge in [0.25, 0.3) is 0 Å². The Bertz CT molecular complexity index is 680. The van der Waals surface area contributed by atoms with Crippen LogP contribution in [0.2, 0.25) is 0 Å². The Labute approximate surface area is 131 Å². The van der Waals surface area contributed by atoms with Crippen LogP contribution >= 0.6 is 0 Å². The van der Waals surface area contributed by atoms with E-state index in [1.54, 1.807) is 24.3 Å². The molecule has 2 bridgehead atoms. The fraction of sp³-hybridized carbons (Fsp3) is 0.312. The third-order valence-corrected chi connectivity index (χ3v) is 4.06. The number of rotatable bonds is 4. The first-order valence-electron chi connectivity index (χ1n) is 7.07. The van der Waals surface area contributed by atoms with Gasteiger partial charge in [0.1, 0.15) is 5.92 Å². The van der Waals surface area contributed by atoms with Gasteiger partial charge in [-0.25, -0.2) is 4.79 Å². The van der Waals surface area contributed by atoms with Crippen LogP contribution in [-0.2, 0) is 19.1 Å². The SMILES string of the molecule is COC(=O)c1ccc(NC(=O)[C@@H]2[C@@H](C(=O)O)[C@H]3C=C[C@H]2O3)cc1. The minimum absolute atomic E-state index is 0.361. The Balaban J connectivity index is 1.73. The molecule has 1 fully saturated rings. The van der Waals surface area contributed by atoms with E-state index in [1.807, 2.05) is 0 Å². The second-order valence-electron chi connectivity index (χ2n) is 5.40. The summed E-state index contributed by atoms with van der Waals surface area (Å²) in [5.74, 6) is -3.61. The summed E-state index contributed by atoms with van der Waals surface area (Å²) in [5.41, 5.74) is 0.832. The number of carboxylic acid groups (broad SMARTS) is 1. The molecule has 1 aromatic rings. The van der Waals surface area contributed by atoms with E-state index in [9.17, 15) is 19.5 Å². The van der Waals surface area contributed by atoms with Crippen LogP contribution in [0.3, 0.4) is 0 Å². The van der Waals surface area contributed by atoms with E-state index in [4.69, 9.17) is 4.74 Å². The number of esters is 1. The maximum absolute atomic E-state index is 12.4. The van der Waals surface area contributed by atoms with E-state index >= 15 is 0 Å². The average Bonchev–Trinajstić information content (AvgIpc) is 3.15. The average molecular weight is 317 g/mol. The van der Waals surface area contributed by atoms with Crippen LogP contribution < -0.4 is 5.32 Å². The molecule has 7 heteroatoms. The Hall–Kier alpha value is -2.67. The number of ether oxygens (including phenoxy) is 2. The number of nitrogens with one attached hydrogen (secondary N) is 1. The van der Waals surface area contributed by atoms with Crippen LogP contribution in [0, 0.1) is 11.8 Å². The number of fused-ring (bicyclic) bond motifs is 2. The monoisotopic (exact) mass is 317 g/mol. The van der Waals surface area contributed by atoms with Gasteiger partial charge in [-0.05, 0) is 24.3 Å². The maximum Gasteiger partial charge on any atom is 0.337 e. The highest BCUT2D eigenvalue weighted by molar-refractivity contribution is 5.97. The second-order valence-corrected chi connectivity index (χ2v) is 5.40. The van der Waals surface area contributed by atoms with Crippen molar-refractivity contribution in [2.75, 3.05) is 12.4 Å². The van der Waals surface area contributed by atoms with Gasteiger partial charge in [-0.3, -0.25) is 9.59 Å². The molecule has 0 saturated carbocycles. The van der Waals surface area contributed by atoms with Gasteiger partial charge in [-0.15, -0.1) is 0 Å². The van der Waals surface area contributed by atoms with Gasteiger partial charge in [0.05, 0.1) is 30.8 Å². The van der Waals surface area contributed by atoms with Crippen molar-refractivity contribution < 1.29 is 29.0 Å². The number of aliphatic carboxylic acids is 1. The van der Waals surface area contributed by atoms with E-state index in [0.29, 0.717) is 11.3 Å². The summed E-state index contributed by atoms with van der Waals surface area (Å²) >= 11 is 0. The van der Waals surface area contributed by atoms with Crippen LogP contribution in [-0.4, -0.2) is 42.3 Å². The zero-order chi connectivity index (χ0) is 16.6. The zero-order valence-corrected chi connectivity index (χ0v) is 12.3. The fourth-order valence-electron chi connectivity index (χ4n) is 2.95. The minimum Gasteiger partial charge on any atom is -0.481 e. The first-order valence-corrected chi connectivity index (χ1v) is 7.07. The molecule has 2 heterocycles. The van der Waals surface area contributed by atoms with Gasteiger partial charge in [-0.1, -0.05) is 12.2 Å². The summed E-state index contributed by atoms with van der Waals surface area (Å²) in [6, 6.07) is 6.16. The van der Waals surface area contributed by atoms with Crippen molar-refractivity contribution in [2.24, 2.45) is 11.8 Å². The number of methoxy groups -OCH3 is 1. The number of hydrogen-bond donors (Lipinski definition) is 2. The second kappa shape index (κ2) is 5.85. The number of carbonyl (C=O) groups excluding carboxylic acids is 2. The number of carbonyl (C=O) groups is 3.